The molecule has 1 fully saturated rings. The van der Waals surface area contributed by atoms with Gasteiger partial charge in [-0.25, -0.2) is 4.98 Å². The molecule has 31 heavy (non-hydrogen) atoms. The number of hydrogen-bond acceptors (Lipinski definition) is 7. The second-order valence-corrected chi connectivity index (χ2v) is 7.35. The molecule has 1 unspecified atom stereocenters. The highest BCUT2D eigenvalue weighted by Gasteiger charge is 2.27. The van der Waals surface area contributed by atoms with Gasteiger partial charge in [-0.2, -0.15) is 0 Å². The van der Waals surface area contributed by atoms with E-state index in [0.29, 0.717) is 30.3 Å². The third-order valence-electron chi connectivity index (χ3n) is 5.21. The molecule has 1 aliphatic heterocycles. The van der Waals surface area contributed by atoms with Crippen LogP contribution in [0.3, 0.4) is 0 Å². The molecule has 1 amide bonds. The number of piperidine rings is 1. The van der Waals surface area contributed by atoms with E-state index in [1.807, 2.05) is 18.2 Å². The average Bonchev–Trinajstić information content (AvgIpc) is 2.84. The molecule has 0 aliphatic carbocycles. The van der Waals surface area contributed by atoms with E-state index in [-0.39, 0.29) is 11.8 Å². The highest BCUT2D eigenvalue weighted by Crippen LogP contribution is 2.31. The molecule has 1 aromatic carbocycles. The number of rotatable bonds is 7. The first-order chi connectivity index (χ1) is 15.2. The van der Waals surface area contributed by atoms with Crippen LogP contribution in [0.4, 0.5) is 11.5 Å². The predicted molar refractivity (Wildman–Crippen MR) is 117 cm³/mol. The fraction of sp³-hybridized carbons (Fsp3) is 0.304. The number of carbonyl (C=O) groups excluding carboxylic acids is 1. The normalized spacial score (nSPS) is 15.9. The van der Waals surface area contributed by atoms with Crippen LogP contribution in [-0.4, -0.2) is 41.1 Å². The van der Waals surface area contributed by atoms with Crippen LogP contribution in [0.25, 0.3) is 0 Å². The summed E-state index contributed by atoms with van der Waals surface area (Å²) in [6.07, 6.45) is 10.3. The van der Waals surface area contributed by atoms with Crippen molar-refractivity contribution in [3.8, 4) is 11.5 Å². The van der Waals surface area contributed by atoms with Crippen molar-refractivity contribution in [2.24, 2.45) is 5.92 Å². The van der Waals surface area contributed by atoms with E-state index in [4.69, 9.17) is 9.47 Å². The van der Waals surface area contributed by atoms with E-state index in [1.54, 1.807) is 50.2 Å². The standard InChI is InChI=1S/C23H25N5O3/c1-30-20-7-6-19(12-21(20)31-16-17-4-2-8-24-13-17)27-23(29)18-5-3-11-28(15-18)22-14-25-9-10-26-22/h2,4,6-10,12-14,18H,3,5,11,15-16H2,1H3,(H,27,29). The van der Waals surface area contributed by atoms with Crippen LogP contribution in [0, 0.1) is 5.92 Å². The first kappa shape index (κ1) is 20.6. The summed E-state index contributed by atoms with van der Waals surface area (Å²) in [5.41, 5.74) is 1.62. The van der Waals surface area contributed by atoms with Crippen molar-refractivity contribution in [3.63, 3.8) is 0 Å². The molecule has 4 rings (SSSR count). The van der Waals surface area contributed by atoms with Crippen LogP contribution >= 0.6 is 0 Å². The van der Waals surface area contributed by atoms with Crippen LogP contribution in [0.2, 0.25) is 0 Å². The summed E-state index contributed by atoms with van der Waals surface area (Å²) in [5.74, 6) is 1.83. The van der Waals surface area contributed by atoms with Gasteiger partial charge < -0.3 is 19.7 Å². The van der Waals surface area contributed by atoms with Gasteiger partial charge >= 0.3 is 0 Å². The van der Waals surface area contributed by atoms with Gasteiger partial charge in [0.1, 0.15) is 12.4 Å². The molecule has 2 aromatic heterocycles. The lowest BCUT2D eigenvalue weighted by Gasteiger charge is -2.32. The van der Waals surface area contributed by atoms with Crippen LogP contribution < -0.4 is 19.7 Å². The second kappa shape index (κ2) is 9.88. The third kappa shape index (κ3) is 5.28. The molecule has 160 valence electrons. The topological polar surface area (TPSA) is 89.5 Å². The Morgan fingerprint density at radius 3 is 2.84 bits per heavy atom. The van der Waals surface area contributed by atoms with E-state index < -0.39 is 0 Å². The molecule has 1 N–H and O–H groups in total. The Morgan fingerprint density at radius 1 is 1.16 bits per heavy atom. The zero-order valence-corrected chi connectivity index (χ0v) is 17.4. The Labute approximate surface area is 181 Å². The van der Waals surface area contributed by atoms with Crippen molar-refractivity contribution < 1.29 is 14.3 Å². The molecular weight excluding hydrogens is 394 g/mol. The Balaban J connectivity index is 1.41. The maximum Gasteiger partial charge on any atom is 0.229 e. The largest absolute Gasteiger partial charge is 0.493 e. The maximum atomic E-state index is 12.9. The molecule has 8 nitrogen and oxygen atoms in total. The fourth-order valence-corrected chi connectivity index (χ4v) is 3.61. The smallest absolute Gasteiger partial charge is 0.229 e. The Morgan fingerprint density at radius 2 is 2.06 bits per heavy atom. The van der Waals surface area contributed by atoms with Crippen molar-refractivity contribution in [2.45, 2.75) is 19.4 Å². The molecule has 0 radical (unpaired) electrons. The second-order valence-electron chi connectivity index (χ2n) is 7.35. The van der Waals surface area contributed by atoms with Crippen molar-refractivity contribution in [2.75, 3.05) is 30.4 Å². The van der Waals surface area contributed by atoms with Crippen LogP contribution in [-0.2, 0) is 11.4 Å². The van der Waals surface area contributed by atoms with Gasteiger partial charge in [-0.3, -0.25) is 14.8 Å². The van der Waals surface area contributed by atoms with Crippen molar-refractivity contribution >= 4 is 17.4 Å². The van der Waals surface area contributed by atoms with Gasteiger partial charge in [0.2, 0.25) is 5.91 Å². The summed E-state index contributed by atoms with van der Waals surface area (Å²) >= 11 is 0. The number of ether oxygens (including phenoxy) is 2. The van der Waals surface area contributed by atoms with Crippen LogP contribution in [0.15, 0.2) is 61.3 Å². The van der Waals surface area contributed by atoms with Gasteiger partial charge in [0.25, 0.3) is 0 Å². The number of nitrogens with zero attached hydrogens (tertiary/aromatic N) is 4. The van der Waals surface area contributed by atoms with Crippen LogP contribution in [0.5, 0.6) is 11.5 Å². The molecule has 3 aromatic rings. The predicted octanol–water partition coefficient (Wildman–Crippen LogP) is 3.31. The number of methoxy groups -OCH3 is 1. The minimum absolute atomic E-state index is 0.0167. The van der Waals surface area contributed by atoms with E-state index >= 15 is 0 Å². The van der Waals surface area contributed by atoms with E-state index in [9.17, 15) is 4.79 Å². The summed E-state index contributed by atoms with van der Waals surface area (Å²) in [4.78, 5) is 27.6. The third-order valence-corrected chi connectivity index (χ3v) is 5.21. The lowest BCUT2D eigenvalue weighted by molar-refractivity contribution is -0.120. The van der Waals surface area contributed by atoms with E-state index in [1.165, 1.54) is 0 Å². The number of carbonyl (C=O) groups is 1. The summed E-state index contributed by atoms with van der Waals surface area (Å²) in [7, 11) is 1.59. The number of hydrogen-bond donors (Lipinski definition) is 1. The summed E-state index contributed by atoms with van der Waals surface area (Å²) in [5, 5.41) is 3.02. The highest BCUT2D eigenvalue weighted by molar-refractivity contribution is 5.93. The molecule has 0 saturated carbocycles. The lowest BCUT2D eigenvalue weighted by Crippen LogP contribution is -2.41. The van der Waals surface area contributed by atoms with Gasteiger partial charge in [0.05, 0.1) is 19.2 Å². The van der Waals surface area contributed by atoms with Crippen LogP contribution in [0.1, 0.15) is 18.4 Å². The monoisotopic (exact) mass is 419 g/mol. The van der Waals surface area contributed by atoms with Crippen molar-refractivity contribution in [3.05, 3.63) is 66.9 Å². The summed E-state index contributed by atoms with van der Waals surface area (Å²) in [6, 6.07) is 9.20. The SMILES string of the molecule is COc1ccc(NC(=O)C2CCCN(c3cnccn3)C2)cc1OCc1cccnc1. The molecule has 0 spiro atoms. The van der Waals surface area contributed by atoms with E-state index in [2.05, 4.69) is 25.2 Å². The number of nitrogens with one attached hydrogen (secondary N) is 1. The van der Waals surface area contributed by atoms with Gasteiger partial charge in [0.15, 0.2) is 11.5 Å². The minimum atomic E-state index is -0.127. The van der Waals surface area contributed by atoms with Crippen molar-refractivity contribution in [1.29, 1.82) is 0 Å². The lowest BCUT2D eigenvalue weighted by atomic mass is 9.97. The maximum absolute atomic E-state index is 12.9. The summed E-state index contributed by atoms with van der Waals surface area (Å²) < 4.78 is 11.3. The minimum Gasteiger partial charge on any atom is -0.493 e. The molecular formula is C23H25N5O3. The quantitative estimate of drug-likeness (QED) is 0.628. The average molecular weight is 419 g/mol. The number of amides is 1. The summed E-state index contributed by atoms with van der Waals surface area (Å²) in [6.45, 7) is 1.85. The molecule has 1 saturated heterocycles. The molecule has 1 aliphatic rings. The van der Waals surface area contributed by atoms with E-state index in [0.717, 1.165) is 30.8 Å². The van der Waals surface area contributed by atoms with Gasteiger partial charge in [0, 0.05) is 55.2 Å². The molecule has 8 heteroatoms. The fourth-order valence-electron chi connectivity index (χ4n) is 3.61. The first-order valence-corrected chi connectivity index (χ1v) is 10.2. The Hall–Kier alpha value is -3.68. The number of benzene rings is 1. The van der Waals surface area contributed by atoms with Gasteiger partial charge in [-0.05, 0) is 31.0 Å². The molecule has 0 bridgehead atoms. The highest BCUT2D eigenvalue weighted by atomic mass is 16.5. The van der Waals surface area contributed by atoms with Gasteiger partial charge in [-0.15, -0.1) is 0 Å². The van der Waals surface area contributed by atoms with Gasteiger partial charge in [-0.1, -0.05) is 6.07 Å². The number of pyridine rings is 1. The number of aromatic nitrogens is 3. The Kier molecular flexibility index (Phi) is 6.56. The molecule has 3 heterocycles. The first-order valence-electron chi connectivity index (χ1n) is 10.2. The zero-order valence-electron chi connectivity index (χ0n) is 17.4. The Bertz CT molecular complexity index is 1000. The number of anilines is 2. The van der Waals surface area contributed by atoms with Crippen molar-refractivity contribution in [1.82, 2.24) is 15.0 Å². The molecule has 1 atom stereocenters. The zero-order chi connectivity index (χ0) is 21.5.